The number of fused-ring (bicyclic) bond motifs is 1. The molecular weight excluding hydrogens is 536 g/mol. The van der Waals surface area contributed by atoms with Gasteiger partial charge in [-0.1, -0.05) is 29.8 Å². The molecule has 0 spiro atoms. The number of nitro benzene ring substituents is 1. The van der Waals surface area contributed by atoms with Crippen molar-refractivity contribution in [1.82, 2.24) is 9.66 Å². The molecule has 0 N–H and O–H groups in total. The van der Waals surface area contributed by atoms with E-state index in [1.54, 1.807) is 32.0 Å². The molecule has 0 saturated heterocycles. The van der Waals surface area contributed by atoms with Gasteiger partial charge in [-0.2, -0.15) is 9.78 Å². The minimum atomic E-state index is -0.678. The SMILES string of the molecule is COc1cc(C=Nn2c(C(C)C)nc3ccc(Br)cc3c2=O)cc([N+](=O)[O-])c1OCC(=O)OC(C)C. The van der Waals surface area contributed by atoms with Crippen LogP contribution in [-0.2, 0) is 9.53 Å². The Kier molecular flexibility index (Phi) is 8.41. The van der Waals surface area contributed by atoms with E-state index in [0.717, 1.165) is 4.47 Å². The Morgan fingerprint density at radius 2 is 1.97 bits per heavy atom. The van der Waals surface area contributed by atoms with Crippen molar-refractivity contribution in [3.63, 3.8) is 0 Å². The van der Waals surface area contributed by atoms with Crippen LogP contribution in [0.2, 0.25) is 0 Å². The maximum absolute atomic E-state index is 13.2. The zero-order valence-electron chi connectivity index (χ0n) is 20.4. The predicted octanol–water partition coefficient (Wildman–Crippen LogP) is 4.41. The number of aromatic nitrogens is 2. The lowest BCUT2D eigenvalue weighted by Gasteiger charge is -2.13. The molecule has 0 unspecified atom stereocenters. The quantitative estimate of drug-likeness (QED) is 0.162. The second-order valence-corrected chi connectivity index (χ2v) is 9.22. The van der Waals surface area contributed by atoms with Crippen molar-refractivity contribution >= 4 is 44.7 Å². The first kappa shape index (κ1) is 26.8. The van der Waals surface area contributed by atoms with Crippen LogP contribution in [0.15, 0.2) is 44.7 Å². The van der Waals surface area contributed by atoms with Gasteiger partial charge < -0.3 is 14.2 Å². The predicted molar refractivity (Wildman–Crippen MR) is 137 cm³/mol. The van der Waals surface area contributed by atoms with Crippen molar-refractivity contribution in [3.8, 4) is 11.5 Å². The fraction of sp³-hybridized carbons (Fsp3) is 0.333. The number of carbonyl (C=O) groups excluding carboxylic acids is 1. The first-order chi connectivity index (χ1) is 17.0. The van der Waals surface area contributed by atoms with Gasteiger partial charge in [-0.3, -0.25) is 14.9 Å². The Balaban J connectivity index is 2.06. The molecule has 1 heterocycles. The zero-order valence-corrected chi connectivity index (χ0v) is 21.9. The summed E-state index contributed by atoms with van der Waals surface area (Å²) in [5, 5.41) is 16.4. The van der Waals surface area contributed by atoms with Gasteiger partial charge in [-0.15, -0.1) is 0 Å². The summed E-state index contributed by atoms with van der Waals surface area (Å²) in [4.78, 5) is 40.7. The molecule has 0 aliphatic rings. The van der Waals surface area contributed by atoms with Gasteiger partial charge in [0.05, 0.1) is 35.3 Å². The summed E-state index contributed by atoms with van der Waals surface area (Å²) in [5.41, 5.74) is -0.0174. The van der Waals surface area contributed by atoms with Gasteiger partial charge in [0, 0.05) is 22.0 Å². The largest absolute Gasteiger partial charge is 0.493 e. The van der Waals surface area contributed by atoms with Crippen molar-refractivity contribution in [2.24, 2.45) is 5.10 Å². The van der Waals surface area contributed by atoms with E-state index in [-0.39, 0.29) is 34.6 Å². The zero-order chi connectivity index (χ0) is 26.6. The van der Waals surface area contributed by atoms with Crippen molar-refractivity contribution in [2.75, 3.05) is 13.7 Å². The third-order valence-corrected chi connectivity index (χ3v) is 5.34. The molecule has 11 nitrogen and oxygen atoms in total. The molecule has 36 heavy (non-hydrogen) atoms. The highest BCUT2D eigenvalue weighted by Gasteiger charge is 2.24. The highest BCUT2D eigenvalue weighted by atomic mass is 79.9. The van der Waals surface area contributed by atoms with E-state index in [2.05, 4.69) is 26.0 Å². The number of hydrogen-bond acceptors (Lipinski definition) is 9. The summed E-state index contributed by atoms with van der Waals surface area (Å²) in [6.07, 6.45) is 0.937. The van der Waals surface area contributed by atoms with Crippen LogP contribution in [0.1, 0.15) is 45.0 Å². The van der Waals surface area contributed by atoms with Gasteiger partial charge in [-0.05, 0) is 38.1 Å². The van der Waals surface area contributed by atoms with Crippen molar-refractivity contribution in [2.45, 2.75) is 39.7 Å². The molecule has 3 rings (SSSR count). The maximum Gasteiger partial charge on any atom is 0.344 e. The molecule has 0 fully saturated rings. The lowest BCUT2D eigenvalue weighted by Crippen LogP contribution is -2.23. The molecule has 3 aromatic rings. The van der Waals surface area contributed by atoms with Gasteiger partial charge in [0.1, 0.15) is 5.82 Å². The smallest absolute Gasteiger partial charge is 0.344 e. The van der Waals surface area contributed by atoms with Crippen molar-refractivity contribution in [3.05, 3.63) is 66.7 Å². The molecular formula is C24H25BrN4O7. The average Bonchev–Trinajstić information content (AvgIpc) is 2.81. The number of esters is 1. The molecule has 0 aliphatic heterocycles. The average molecular weight is 561 g/mol. The van der Waals surface area contributed by atoms with E-state index in [4.69, 9.17) is 14.2 Å². The second-order valence-electron chi connectivity index (χ2n) is 8.30. The number of benzene rings is 2. The highest BCUT2D eigenvalue weighted by Crippen LogP contribution is 2.38. The number of methoxy groups -OCH3 is 1. The highest BCUT2D eigenvalue weighted by molar-refractivity contribution is 9.10. The number of hydrogen-bond donors (Lipinski definition) is 0. The third-order valence-electron chi connectivity index (χ3n) is 4.85. The molecule has 0 saturated carbocycles. The second kappa shape index (κ2) is 11.3. The monoisotopic (exact) mass is 560 g/mol. The molecule has 0 amide bonds. The Morgan fingerprint density at radius 3 is 2.58 bits per heavy atom. The standard InChI is InChI=1S/C24H25BrN4O7/c1-13(2)23-27-18-7-6-16(25)10-17(18)24(31)28(23)26-11-15-8-19(29(32)33)22(20(9-15)34-5)35-12-21(30)36-14(3)4/h6-11,13-14H,12H2,1-5H3. The molecule has 190 valence electrons. The van der Waals surface area contributed by atoms with Crippen LogP contribution in [-0.4, -0.2) is 46.6 Å². The minimum Gasteiger partial charge on any atom is -0.493 e. The number of rotatable bonds is 9. The van der Waals surface area contributed by atoms with Gasteiger partial charge in [-0.25, -0.2) is 9.78 Å². The first-order valence-corrected chi connectivity index (χ1v) is 11.8. The fourth-order valence-electron chi connectivity index (χ4n) is 3.32. The lowest BCUT2D eigenvalue weighted by molar-refractivity contribution is -0.385. The third kappa shape index (κ3) is 6.06. The van der Waals surface area contributed by atoms with E-state index in [1.165, 1.54) is 30.1 Å². The van der Waals surface area contributed by atoms with E-state index >= 15 is 0 Å². The molecule has 0 atom stereocenters. The molecule has 0 aliphatic carbocycles. The van der Waals surface area contributed by atoms with Crippen LogP contribution in [0.25, 0.3) is 10.9 Å². The van der Waals surface area contributed by atoms with Crippen LogP contribution in [0.3, 0.4) is 0 Å². The molecule has 0 bridgehead atoms. The van der Waals surface area contributed by atoms with Gasteiger partial charge in [0.15, 0.2) is 12.4 Å². The van der Waals surface area contributed by atoms with Crippen LogP contribution in [0.5, 0.6) is 11.5 Å². The summed E-state index contributed by atoms with van der Waals surface area (Å²) in [6, 6.07) is 7.85. The number of halogens is 1. The number of nitrogens with zero attached hydrogens (tertiary/aromatic N) is 4. The van der Waals surface area contributed by atoms with Gasteiger partial charge in [0.25, 0.3) is 5.56 Å². The van der Waals surface area contributed by atoms with Crippen molar-refractivity contribution in [1.29, 1.82) is 0 Å². The summed E-state index contributed by atoms with van der Waals surface area (Å²) in [5.74, 6) is -0.593. The maximum atomic E-state index is 13.2. The van der Waals surface area contributed by atoms with E-state index in [0.29, 0.717) is 16.7 Å². The molecule has 12 heteroatoms. The number of ether oxygens (including phenoxy) is 3. The molecule has 1 aromatic heterocycles. The van der Waals surface area contributed by atoms with Crippen LogP contribution in [0, 0.1) is 10.1 Å². The Hall–Kier alpha value is -3.80. The van der Waals surface area contributed by atoms with Gasteiger partial charge >= 0.3 is 11.7 Å². The number of carbonyl (C=O) groups is 1. The van der Waals surface area contributed by atoms with E-state index < -0.39 is 23.2 Å². The van der Waals surface area contributed by atoms with E-state index in [9.17, 15) is 19.7 Å². The van der Waals surface area contributed by atoms with Crippen molar-refractivity contribution < 1.29 is 23.9 Å². The summed E-state index contributed by atoms with van der Waals surface area (Å²) in [6.45, 7) is 6.57. The van der Waals surface area contributed by atoms with Crippen LogP contribution < -0.4 is 15.0 Å². The Labute approximate surface area is 215 Å². The van der Waals surface area contributed by atoms with Crippen LogP contribution in [0.4, 0.5) is 5.69 Å². The lowest BCUT2D eigenvalue weighted by atomic mass is 10.1. The topological polar surface area (TPSA) is 135 Å². The minimum absolute atomic E-state index is 0.0139. The molecule has 0 radical (unpaired) electrons. The summed E-state index contributed by atoms with van der Waals surface area (Å²) in [7, 11) is 1.31. The first-order valence-electron chi connectivity index (χ1n) is 11.0. The summed E-state index contributed by atoms with van der Waals surface area (Å²) >= 11 is 3.36. The molecule has 2 aromatic carbocycles. The normalized spacial score (nSPS) is 11.4. The Bertz CT molecular complexity index is 1400. The van der Waals surface area contributed by atoms with Crippen LogP contribution >= 0.6 is 15.9 Å². The van der Waals surface area contributed by atoms with E-state index in [1.807, 2.05) is 13.8 Å². The fourth-order valence-corrected chi connectivity index (χ4v) is 3.68. The number of nitro groups is 1. The van der Waals surface area contributed by atoms with Gasteiger partial charge in [0.2, 0.25) is 5.75 Å². The Morgan fingerprint density at radius 1 is 1.25 bits per heavy atom. The summed E-state index contributed by atoms with van der Waals surface area (Å²) < 4.78 is 17.5.